The van der Waals surface area contributed by atoms with Crippen LogP contribution in [0.15, 0.2) is 12.4 Å². The third-order valence-electron chi connectivity index (χ3n) is 3.64. The lowest BCUT2D eigenvalue weighted by Crippen LogP contribution is -2.33. The molecule has 1 aliphatic carbocycles. The highest BCUT2D eigenvalue weighted by molar-refractivity contribution is 5.36. The Bertz CT molecular complexity index is 363. The van der Waals surface area contributed by atoms with Gasteiger partial charge in [0.1, 0.15) is 5.82 Å². The van der Waals surface area contributed by atoms with Gasteiger partial charge in [-0.2, -0.15) is 0 Å². The molecule has 1 aromatic rings. The summed E-state index contributed by atoms with van der Waals surface area (Å²) in [4.78, 5) is 11.4. The fourth-order valence-electron chi connectivity index (χ4n) is 2.26. The highest BCUT2D eigenvalue weighted by Gasteiger charge is 2.20. The van der Waals surface area contributed by atoms with Gasteiger partial charge in [-0.3, -0.25) is 4.98 Å². The maximum Gasteiger partial charge on any atom is 0.147 e. The van der Waals surface area contributed by atoms with Crippen molar-refractivity contribution in [3.8, 4) is 0 Å². The van der Waals surface area contributed by atoms with E-state index in [2.05, 4.69) is 29.0 Å². The zero-order valence-electron chi connectivity index (χ0n) is 11.5. The van der Waals surface area contributed by atoms with Crippen molar-refractivity contribution in [2.24, 2.45) is 5.92 Å². The molecule has 0 spiro atoms. The Morgan fingerprint density at radius 3 is 2.78 bits per heavy atom. The largest absolute Gasteiger partial charge is 0.355 e. The van der Waals surface area contributed by atoms with Crippen LogP contribution in [0.4, 0.5) is 5.82 Å². The van der Waals surface area contributed by atoms with Crippen molar-refractivity contribution < 1.29 is 0 Å². The molecule has 0 saturated heterocycles. The van der Waals surface area contributed by atoms with Crippen LogP contribution in [0.25, 0.3) is 0 Å². The van der Waals surface area contributed by atoms with E-state index >= 15 is 0 Å². The molecule has 1 aliphatic rings. The Morgan fingerprint density at radius 2 is 2.17 bits per heavy atom. The molecular weight excluding hydrogens is 224 g/mol. The summed E-state index contributed by atoms with van der Waals surface area (Å²) < 4.78 is 0. The molecule has 1 aromatic heterocycles. The third-order valence-corrected chi connectivity index (χ3v) is 3.64. The number of aromatic nitrogens is 2. The van der Waals surface area contributed by atoms with Crippen LogP contribution < -0.4 is 10.2 Å². The smallest absolute Gasteiger partial charge is 0.147 e. The van der Waals surface area contributed by atoms with Gasteiger partial charge in [-0.1, -0.05) is 13.3 Å². The minimum atomic E-state index is 0.804. The number of nitrogens with one attached hydrogen (secondary N) is 1. The third kappa shape index (κ3) is 3.42. The first-order chi connectivity index (χ1) is 8.83. The molecule has 18 heavy (non-hydrogen) atoms. The van der Waals surface area contributed by atoms with E-state index in [9.17, 15) is 0 Å². The van der Waals surface area contributed by atoms with Gasteiger partial charge >= 0.3 is 0 Å². The van der Waals surface area contributed by atoms with Crippen LogP contribution in [0.5, 0.6) is 0 Å². The van der Waals surface area contributed by atoms with Crippen LogP contribution in [0, 0.1) is 5.92 Å². The molecule has 0 bridgehead atoms. The highest BCUT2D eigenvalue weighted by atomic mass is 15.2. The molecule has 0 amide bonds. The second-order valence-corrected chi connectivity index (χ2v) is 4.98. The standard InChI is InChI=1S/C14H24N4/c1-3-15-8-13-9-16-10-14(17-13)18(4-2)11-12-6-5-7-12/h9-10,12,15H,3-8,11H2,1-2H3. The van der Waals surface area contributed by atoms with Crippen LogP contribution in [0.2, 0.25) is 0 Å². The summed E-state index contributed by atoms with van der Waals surface area (Å²) in [6.07, 6.45) is 7.89. The zero-order chi connectivity index (χ0) is 12.8. The number of hydrogen-bond acceptors (Lipinski definition) is 4. The normalized spacial score (nSPS) is 15.4. The molecule has 0 atom stereocenters. The molecule has 1 N–H and O–H groups in total. The maximum atomic E-state index is 4.69. The molecule has 0 radical (unpaired) electrons. The Morgan fingerprint density at radius 1 is 1.33 bits per heavy atom. The quantitative estimate of drug-likeness (QED) is 0.803. The fraction of sp³-hybridized carbons (Fsp3) is 0.714. The molecule has 0 aromatic carbocycles. The molecular formula is C14H24N4. The summed E-state index contributed by atoms with van der Waals surface area (Å²) >= 11 is 0. The van der Waals surface area contributed by atoms with Gasteiger partial charge in [0, 0.05) is 25.8 Å². The van der Waals surface area contributed by atoms with Gasteiger partial charge in [0.05, 0.1) is 11.9 Å². The molecule has 1 heterocycles. The summed E-state index contributed by atoms with van der Waals surface area (Å²) in [6.45, 7) is 8.21. The first-order valence-electron chi connectivity index (χ1n) is 7.10. The fourth-order valence-corrected chi connectivity index (χ4v) is 2.26. The predicted molar refractivity (Wildman–Crippen MR) is 74.6 cm³/mol. The van der Waals surface area contributed by atoms with Crippen LogP contribution >= 0.6 is 0 Å². The second-order valence-electron chi connectivity index (χ2n) is 4.98. The van der Waals surface area contributed by atoms with E-state index in [0.717, 1.165) is 43.6 Å². The SMILES string of the molecule is CCNCc1cncc(N(CC)CC2CCC2)n1. The van der Waals surface area contributed by atoms with Gasteiger partial charge in [0.15, 0.2) is 0 Å². The summed E-state index contributed by atoms with van der Waals surface area (Å²) in [5.74, 6) is 1.89. The minimum absolute atomic E-state index is 0.804. The molecule has 100 valence electrons. The number of rotatable bonds is 7. The van der Waals surface area contributed by atoms with Gasteiger partial charge in [-0.05, 0) is 32.2 Å². The average Bonchev–Trinajstić information content (AvgIpc) is 2.36. The van der Waals surface area contributed by atoms with E-state index in [-0.39, 0.29) is 0 Å². The first-order valence-corrected chi connectivity index (χ1v) is 7.10. The van der Waals surface area contributed by atoms with Gasteiger partial charge in [-0.25, -0.2) is 4.98 Å². The minimum Gasteiger partial charge on any atom is -0.355 e. The van der Waals surface area contributed by atoms with E-state index in [1.807, 2.05) is 12.4 Å². The number of nitrogens with zero attached hydrogens (tertiary/aromatic N) is 3. The average molecular weight is 248 g/mol. The summed E-state index contributed by atoms with van der Waals surface area (Å²) in [7, 11) is 0. The molecule has 0 unspecified atom stereocenters. The molecule has 4 heteroatoms. The highest BCUT2D eigenvalue weighted by Crippen LogP contribution is 2.28. The van der Waals surface area contributed by atoms with Crippen molar-refractivity contribution in [2.75, 3.05) is 24.5 Å². The van der Waals surface area contributed by atoms with Gasteiger partial charge in [-0.15, -0.1) is 0 Å². The Labute approximate surface area is 110 Å². The van der Waals surface area contributed by atoms with Crippen LogP contribution in [0.3, 0.4) is 0 Å². The lowest BCUT2D eigenvalue weighted by Gasteiger charge is -2.32. The molecule has 1 saturated carbocycles. The molecule has 1 fully saturated rings. The first kappa shape index (κ1) is 13.3. The van der Waals surface area contributed by atoms with E-state index in [1.165, 1.54) is 19.3 Å². The van der Waals surface area contributed by atoms with Crippen molar-refractivity contribution in [1.29, 1.82) is 0 Å². The predicted octanol–water partition coefficient (Wildman–Crippen LogP) is 2.21. The number of anilines is 1. The van der Waals surface area contributed by atoms with Crippen LogP contribution in [-0.2, 0) is 6.54 Å². The van der Waals surface area contributed by atoms with Crippen molar-refractivity contribution in [3.63, 3.8) is 0 Å². The van der Waals surface area contributed by atoms with E-state index in [4.69, 9.17) is 4.98 Å². The summed E-state index contributed by atoms with van der Waals surface area (Å²) in [5, 5.41) is 3.29. The summed E-state index contributed by atoms with van der Waals surface area (Å²) in [5.41, 5.74) is 1.03. The Kier molecular flexibility index (Phi) is 4.93. The maximum absolute atomic E-state index is 4.69. The Hall–Kier alpha value is -1.16. The van der Waals surface area contributed by atoms with Crippen molar-refractivity contribution >= 4 is 5.82 Å². The van der Waals surface area contributed by atoms with Gasteiger partial charge in [0.25, 0.3) is 0 Å². The van der Waals surface area contributed by atoms with Gasteiger partial charge in [0.2, 0.25) is 0 Å². The number of hydrogen-bond donors (Lipinski definition) is 1. The lowest BCUT2D eigenvalue weighted by molar-refractivity contribution is 0.318. The van der Waals surface area contributed by atoms with E-state index in [0.29, 0.717) is 0 Å². The lowest BCUT2D eigenvalue weighted by atomic mass is 9.85. The monoisotopic (exact) mass is 248 g/mol. The summed E-state index contributed by atoms with van der Waals surface area (Å²) in [6, 6.07) is 0. The van der Waals surface area contributed by atoms with E-state index in [1.54, 1.807) is 0 Å². The van der Waals surface area contributed by atoms with Crippen LogP contribution in [-0.4, -0.2) is 29.6 Å². The molecule has 4 nitrogen and oxygen atoms in total. The topological polar surface area (TPSA) is 41.1 Å². The van der Waals surface area contributed by atoms with Crippen molar-refractivity contribution in [1.82, 2.24) is 15.3 Å². The van der Waals surface area contributed by atoms with Gasteiger partial charge < -0.3 is 10.2 Å². The van der Waals surface area contributed by atoms with E-state index < -0.39 is 0 Å². The Balaban J connectivity index is 1.99. The molecule has 0 aliphatic heterocycles. The van der Waals surface area contributed by atoms with Crippen molar-refractivity contribution in [3.05, 3.63) is 18.1 Å². The van der Waals surface area contributed by atoms with Crippen molar-refractivity contribution in [2.45, 2.75) is 39.7 Å². The van der Waals surface area contributed by atoms with Crippen LogP contribution in [0.1, 0.15) is 38.8 Å². The molecule has 2 rings (SSSR count). The second kappa shape index (κ2) is 6.69. The zero-order valence-corrected chi connectivity index (χ0v) is 11.5.